The van der Waals surface area contributed by atoms with Gasteiger partial charge in [-0.1, -0.05) is 0 Å². The third-order valence-corrected chi connectivity index (χ3v) is 2.51. The number of hydrogen-bond acceptors (Lipinski definition) is 3. The number of carbonyl (C=O) groups excluding carboxylic acids is 1. The third-order valence-electron chi connectivity index (χ3n) is 2.51. The van der Waals surface area contributed by atoms with Gasteiger partial charge in [0.05, 0.1) is 0 Å². The predicted octanol–water partition coefficient (Wildman–Crippen LogP) is 0.807. The van der Waals surface area contributed by atoms with E-state index in [-0.39, 0.29) is 12.4 Å². The first-order valence-electron chi connectivity index (χ1n) is 4.96. The summed E-state index contributed by atoms with van der Waals surface area (Å²) in [6, 6.07) is 2.93. The zero-order chi connectivity index (χ0) is 13.1. The SMILES string of the molecule is CNC(C)(COc1ccc(F)cc1F)C(N)=O. The highest BCUT2D eigenvalue weighted by Crippen LogP contribution is 2.18. The van der Waals surface area contributed by atoms with Crippen molar-refractivity contribution in [1.29, 1.82) is 0 Å². The Morgan fingerprint density at radius 2 is 2.18 bits per heavy atom. The summed E-state index contributed by atoms with van der Waals surface area (Å²) in [5.41, 5.74) is 4.06. The lowest BCUT2D eigenvalue weighted by molar-refractivity contribution is -0.124. The Balaban J connectivity index is 2.76. The number of benzene rings is 1. The second-order valence-electron chi connectivity index (χ2n) is 3.81. The first-order valence-corrected chi connectivity index (χ1v) is 4.96. The van der Waals surface area contributed by atoms with Crippen LogP contribution in [0.25, 0.3) is 0 Å². The molecular weight excluding hydrogens is 230 g/mol. The largest absolute Gasteiger partial charge is 0.488 e. The molecule has 17 heavy (non-hydrogen) atoms. The van der Waals surface area contributed by atoms with Gasteiger partial charge in [0.1, 0.15) is 18.0 Å². The Hall–Kier alpha value is -1.69. The Morgan fingerprint density at radius 3 is 2.65 bits per heavy atom. The van der Waals surface area contributed by atoms with Gasteiger partial charge in [-0.3, -0.25) is 4.79 Å². The zero-order valence-corrected chi connectivity index (χ0v) is 9.59. The highest BCUT2D eigenvalue weighted by molar-refractivity contribution is 5.84. The van der Waals surface area contributed by atoms with Crippen LogP contribution in [-0.2, 0) is 4.79 Å². The number of primary amides is 1. The van der Waals surface area contributed by atoms with Gasteiger partial charge in [0.25, 0.3) is 0 Å². The van der Waals surface area contributed by atoms with Crippen molar-refractivity contribution in [2.24, 2.45) is 5.73 Å². The van der Waals surface area contributed by atoms with Crippen molar-refractivity contribution in [2.75, 3.05) is 13.7 Å². The van der Waals surface area contributed by atoms with Crippen LogP contribution in [0.3, 0.4) is 0 Å². The minimum atomic E-state index is -1.11. The number of rotatable bonds is 5. The second-order valence-corrected chi connectivity index (χ2v) is 3.81. The maximum Gasteiger partial charge on any atom is 0.240 e. The molecule has 0 aliphatic carbocycles. The van der Waals surface area contributed by atoms with Gasteiger partial charge >= 0.3 is 0 Å². The molecule has 0 aliphatic rings. The van der Waals surface area contributed by atoms with Crippen molar-refractivity contribution < 1.29 is 18.3 Å². The van der Waals surface area contributed by atoms with E-state index in [1.165, 1.54) is 14.0 Å². The molecule has 0 saturated carbocycles. The number of amides is 1. The summed E-state index contributed by atoms with van der Waals surface area (Å²) in [5, 5.41) is 2.68. The number of ether oxygens (including phenoxy) is 1. The van der Waals surface area contributed by atoms with Crippen molar-refractivity contribution in [3.63, 3.8) is 0 Å². The maximum atomic E-state index is 13.2. The zero-order valence-electron chi connectivity index (χ0n) is 9.59. The van der Waals surface area contributed by atoms with Gasteiger partial charge in [0.15, 0.2) is 11.6 Å². The molecular formula is C11H14F2N2O2. The van der Waals surface area contributed by atoms with Crippen molar-refractivity contribution in [2.45, 2.75) is 12.5 Å². The van der Waals surface area contributed by atoms with Gasteiger partial charge in [-0.05, 0) is 26.1 Å². The fourth-order valence-electron chi connectivity index (χ4n) is 1.08. The van der Waals surface area contributed by atoms with Gasteiger partial charge in [-0.2, -0.15) is 0 Å². The topological polar surface area (TPSA) is 64.3 Å². The summed E-state index contributed by atoms with van der Waals surface area (Å²) < 4.78 is 31.0. The summed E-state index contributed by atoms with van der Waals surface area (Å²) in [7, 11) is 1.54. The van der Waals surface area contributed by atoms with Crippen LogP contribution < -0.4 is 15.8 Å². The molecule has 0 heterocycles. The van der Waals surface area contributed by atoms with E-state index in [4.69, 9.17) is 10.5 Å². The van der Waals surface area contributed by atoms with E-state index in [0.29, 0.717) is 6.07 Å². The number of hydrogen-bond donors (Lipinski definition) is 2. The van der Waals surface area contributed by atoms with Crippen LogP contribution >= 0.6 is 0 Å². The van der Waals surface area contributed by atoms with Crippen LogP contribution in [-0.4, -0.2) is 25.1 Å². The maximum absolute atomic E-state index is 13.2. The van der Waals surface area contributed by atoms with E-state index in [1.54, 1.807) is 0 Å². The predicted molar refractivity (Wildman–Crippen MR) is 58.5 cm³/mol. The molecule has 0 aromatic heterocycles. The van der Waals surface area contributed by atoms with Crippen molar-refractivity contribution >= 4 is 5.91 Å². The molecule has 0 fully saturated rings. The van der Waals surface area contributed by atoms with Crippen molar-refractivity contribution in [1.82, 2.24) is 5.32 Å². The molecule has 1 unspecified atom stereocenters. The van der Waals surface area contributed by atoms with E-state index < -0.39 is 23.1 Å². The minimum absolute atomic E-state index is 0.130. The van der Waals surface area contributed by atoms with Crippen LogP contribution in [0.15, 0.2) is 18.2 Å². The summed E-state index contributed by atoms with van der Waals surface area (Å²) in [5.74, 6) is -2.27. The molecule has 0 bridgehead atoms. The first kappa shape index (κ1) is 13.4. The molecule has 1 rings (SSSR count). The fourth-order valence-corrected chi connectivity index (χ4v) is 1.08. The average Bonchev–Trinajstić information content (AvgIpc) is 2.27. The lowest BCUT2D eigenvalue weighted by Gasteiger charge is -2.25. The quantitative estimate of drug-likeness (QED) is 0.805. The average molecular weight is 244 g/mol. The smallest absolute Gasteiger partial charge is 0.240 e. The summed E-state index contributed by atoms with van der Waals surface area (Å²) in [4.78, 5) is 11.1. The molecule has 6 heteroatoms. The molecule has 1 atom stereocenters. The standard InChI is InChI=1S/C11H14F2N2O2/c1-11(15-2,10(14)16)6-17-9-4-3-7(12)5-8(9)13/h3-5,15H,6H2,1-2H3,(H2,14,16). The van der Waals surface area contributed by atoms with Crippen LogP contribution in [0, 0.1) is 11.6 Å². The van der Waals surface area contributed by atoms with E-state index in [2.05, 4.69) is 5.32 Å². The third kappa shape index (κ3) is 3.13. The molecule has 1 aromatic rings. The normalized spacial score (nSPS) is 14.1. The summed E-state index contributed by atoms with van der Waals surface area (Å²) in [6.07, 6.45) is 0. The number of carbonyl (C=O) groups is 1. The Morgan fingerprint density at radius 1 is 1.53 bits per heavy atom. The Labute approximate surface area is 97.8 Å². The number of nitrogens with two attached hydrogens (primary N) is 1. The highest BCUT2D eigenvalue weighted by atomic mass is 19.1. The second kappa shape index (κ2) is 5.09. The Kier molecular flexibility index (Phi) is 4.01. The van der Waals surface area contributed by atoms with E-state index in [0.717, 1.165) is 12.1 Å². The van der Waals surface area contributed by atoms with Gasteiger partial charge < -0.3 is 15.8 Å². The van der Waals surface area contributed by atoms with E-state index in [9.17, 15) is 13.6 Å². The van der Waals surface area contributed by atoms with Gasteiger partial charge in [-0.15, -0.1) is 0 Å². The minimum Gasteiger partial charge on any atom is -0.488 e. The van der Waals surface area contributed by atoms with Gasteiger partial charge in [0, 0.05) is 6.07 Å². The summed E-state index contributed by atoms with van der Waals surface area (Å²) in [6.45, 7) is 1.37. The van der Waals surface area contributed by atoms with Crippen molar-refractivity contribution in [3.8, 4) is 5.75 Å². The fraction of sp³-hybridized carbons (Fsp3) is 0.364. The molecule has 0 spiro atoms. The lowest BCUT2D eigenvalue weighted by Crippen LogP contribution is -2.55. The summed E-state index contributed by atoms with van der Waals surface area (Å²) >= 11 is 0. The molecule has 1 amide bonds. The number of likely N-dealkylation sites (N-methyl/N-ethyl adjacent to an activating group) is 1. The van der Waals surface area contributed by atoms with Crippen molar-refractivity contribution in [3.05, 3.63) is 29.8 Å². The highest BCUT2D eigenvalue weighted by Gasteiger charge is 2.30. The van der Waals surface area contributed by atoms with Crippen LogP contribution in [0.4, 0.5) is 8.78 Å². The molecule has 0 radical (unpaired) electrons. The lowest BCUT2D eigenvalue weighted by atomic mass is 10.0. The number of nitrogens with one attached hydrogen (secondary N) is 1. The molecule has 94 valence electrons. The molecule has 1 aromatic carbocycles. The van der Waals surface area contributed by atoms with Gasteiger partial charge in [-0.25, -0.2) is 8.78 Å². The molecule has 3 N–H and O–H groups in total. The monoisotopic (exact) mass is 244 g/mol. The number of halogens is 2. The Bertz CT molecular complexity index is 426. The van der Waals surface area contributed by atoms with Crippen LogP contribution in [0.2, 0.25) is 0 Å². The van der Waals surface area contributed by atoms with E-state index in [1.807, 2.05) is 0 Å². The van der Waals surface area contributed by atoms with Gasteiger partial charge in [0.2, 0.25) is 5.91 Å². The first-order chi connectivity index (χ1) is 7.89. The molecule has 0 aliphatic heterocycles. The molecule has 0 saturated heterocycles. The van der Waals surface area contributed by atoms with Crippen LogP contribution in [0.1, 0.15) is 6.92 Å². The van der Waals surface area contributed by atoms with Crippen LogP contribution in [0.5, 0.6) is 5.75 Å². The molecule has 4 nitrogen and oxygen atoms in total. The van der Waals surface area contributed by atoms with E-state index >= 15 is 0 Å².